The molecular weight excluding hydrogens is 350 g/mol. The lowest BCUT2D eigenvalue weighted by molar-refractivity contribution is 0.758. The monoisotopic (exact) mass is 367 g/mol. The van der Waals surface area contributed by atoms with Crippen molar-refractivity contribution in [3.8, 4) is 0 Å². The van der Waals surface area contributed by atoms with Gasteiger partial charge in [0, 0.05) is 24.0 Å². The highest BCUT2D eigenvalue weighted by Gasteiger charge is 2.12. The fraction of sp³-hybridized carbons (Fsp3) is 0.375. The zero-order valence-corrected chi connectivity index (χ0v) is 14.8. The Morgan fingerprint density at radius 2 is 1.90 bits per heavy atom. The van der Waals surface area contributed by atoms with Crippen LogP contribution in [0.2, 0.25) is 0 Å². The van der Waals surface area contributed by atoms with Crippen molar-refractivity contribution >= 4 is 33.2 Å². The molecule has 0 fully saturated rings. The lowest BCUT2D eigenvalue weighted by Crippen LogP contribution is -2.19. The van der Waals surface area contributed by atoms with E-state index in [2.05, 4.69) is 56.8 Å². The highest BCUT2D eigenvalue weighted by Crippen LogP contribution is 2.23. The number of anilines is 1. The predicted molar refractivity (Wildman–Crippen MR) is 91.9 cm³/mol. The number of halogens is 2. The minimum atomic E-state index is 0.304. The molecule has 0 saturated carbocycles. The van der Waals surface area contributed by atoms with Crippen LogP contribution in [-0.4, -0.2) is 17.0 Å². The summed E-state index contributed by atoms with van der Waals surface area (Å²) in [5.41, 5.74) is 3.10. The van der Waals surface area contributed by atoms with Crippen molar-refractivity contribution in [2.24, 2.45) is 0 Å². The maximum atomic E-state index is 6.05. The fourth-order valence-corrected chi connectivity index (χ4v) is 2.53. The van der Waals surface area contributed by atoms with E-state index in [0.29, 0.717) is 11.8 Å². The first-order valence-electron chi connectivity index (χ1n) is 6.88. The molecule has 1 aromatic carbocycles. The molecule has 0 amide bonds. The molecule has 0 atom stereocenters. The molecule has 1 heterocycles. The molecule has 0 radical (unpaired) electrons. The molecule has 0 N–H and O–H groups in total. The average Bonchev–Trinajstić information content (AvgIpc) is 2.48. The van der Waals surface area contributed by atoms with Crippen molar-refractivity contribution in [1.82, 2.24) is 9.97 Å². The summed E-state index contributed by atoms with van der Waals surface area (Å²) < 4.78 is 1.08. The van der Waals surface area contributed by atoms with Crippen molar-refractivity contribution in [1.29, 1.82) is 0 Å². The van der Waals surface area contributed by atoms with Gasteiger partial charge in [-0.05, 0) is 17.7 Å². The highest BCUT2D eigenvalue weighted by molar-refractivity contribution is 9.10. The lowest BCUT2D eigenvalue weighted by atomic mass is 10.2. The van der Waals surface area contributed by atoms with Crippen LogP contribution in [0.1, 0.15) is 36.8 Å². The smallest absolute Gasteiger partial charge is 0.131 e. The van der Waals surface area contributed by atoms with Gasteiger partial charge in [-0.3, -0.25) is 0 Å². The Balaban J connectivity index is 2.22. The molecule has 0 spiro atoms. The first kappa shape index (κ1) is 16.2. The molecule has 2 rings (SSSR count). The summed E-state index contributed by atoms with van der Waals surface area (Å²) in [7, 11) is 2.03. The van der Waals surface area contributed by atoms with E-state index in [1.165, 1.54) is 5.56 Å². The number of aromatic nitrogens is 2. The zero-order chi connectivity index (χ0) is 15.4. The van der Waals surface area contributed by atoms with Crippen LogP contribution in [0.4, 0.5) is 5.69 Å². The summed E-state index contributed by atoms with van der Waals surface area (Å²) in [6.45, 7) is 4.96. The van der Waals surface area contributed by atoms with E-state index in [9.17, 15) is 0 Å². The summed E-state index contributed by atoms with van der Waals surface area (Å²) in [5, 5.41) is 0. The number of hydrogen-bond donors (Lipinski definition) is 0. The first-order chi connectivity index (χ1) is 10.0. The third-order valence-electron chi connectivity index (χ3n) is 3.25. The summed E-state index contributed by atoms with van der Waals surface area (Å²) in [6.07, 6.45) is 1.87. The van der Waals surface area contributed by atoms with Gasteiger partial charge in [0.15, 0.2) is 0 Å². The van der Waals surface area contributed by atoms with Crippen molar-refractivity contribution in [2.75, 3.05) is 11.9 Å². The topological polar surface area (TPSA) is 29.0 Å². The Hall–Kier alpha value is -1.13. The van der Waals surface area contributed by atoms with Gasteiger partial charge in [-0.2, -0.15) is 0 Å². The van der Waals surface area contributed by atoms with Gasteiger partial charge in [0.2, 0.25) is 0 Å². The van der Waals surface area contributed by atoms with E-state index >= 15 is 0 Å². The molecule has 0 unspecified atom stereocenters. The standard InChI is InChI=1S/C16H19BrClN3/c1-11(2)16-19-9-15(14(8-18)20-16)21(3)10-12-4-6-13(17)7-5-12/h4-7,9,11H,8,10H2,1-3H3. The minimum absolute atomic E-state index is 0.304. The third kappa shape index (κ3) is 4.17. The second-order valence-corrected chi connectivity index (χ2v) is 6.51. The first-order valence-corrected chi connectivity index (χ1v) is 8.21. The maximum absolute atomic E-state index is 6.05. The summed E-state index contributed by atoms with van der Waals surface area (Å²) in [6, 6.07) is 8.29. The average molecular weight is 369 g/mol. The second kappa shape index (κ2) is 7.23. The molecular formula is C16H19BrClN3. The van der Waals surface area contributed by atoms with E-state index in [1.807, 2.05) is 25.4 Å². The predicted octanol–water partition coefficient (Wildman–Crippen LogP) is 4.74. The minimum Gasteiger partial charge on any atom is -0.368 e. The maximum Gasteiger partial charge on any atom is 0.131 e. The third-order valence-corrected chi connectivity index (χ3v) is 4.03. The Kier molecular flexibility index (Phi) is 5.59. The molecule has 112 valence electrons. The van der Waals surface area contributed by atoms with Crippen LogP contribution >= 0.6 is 27.5 Å². The number of nitrogens with zero attached hydrogens (tertiary/aromatic N) is 3. The molecule has 0 aliphatic rings. The molecule has 3 nitrogen and oxygen atoms in total. The van der Waals surface area contributed by atoms with Gasteiger partial charge in [0.1, 0.15) is 5.82 Å². The van der Waals surface area contributed by atoms with E-state index in [1.54, 1.807) is 0 Å². The van der Waals surface area contributed by atoms with Crippen LogP contribution in [0.25, 0.3) is 0 Å². The van der Waals surface area contributed by atoms with Gasteiger partial charge in [0.25, 0.3) is 0 Å². The molecule has 0 aliphatic carbocycles. The van der Waals surface area contributed by atoms with E-state index in [0.717, 1.165) is 28.2 Å². The normalized spacial score (nSPS) is 11.0. The molecule has 0 aliphatic heterocycles. The van der Waals surface area contributed by atoms with Crippen LogP contribution in [0.3, 0.4) is 0 Å². The fourth-order valence-electron chi connectivity index (χ4n) is 2.07. The lowest BCUT2D eigenvalue weighted by Gasteiger charge is -2.22. The summed E-state index contributed by atoms with van der Waals surface area (Å²) in [4.78, 5) is 11.2. The van der Waals surface area contributed by atoms with Crippen LogP contribution in [0.5, 0.6) is 0 Å². The molecule has 1 aromatic heterocycles. The van der Waals surface area contributed by atoms with Crippen molar-refractivity contribution in [3.63, 3.8) is 0 Å². The van der Waals surface area contributed by atoms with Crippen molar-refractivity contribution in [2.45, 2.75) is 32.2 Å². The Morgan fingerprint density at radius 3 is 2.48 bits per heavy atom. The number of hydrogen-bond acceptors (Lipinski definition) is 3. The van der Waals surface area contributed by atoms with E-state index < -0.39 is 0 Å². The van der Waals surface area contributed by atoms with Gasteiger partial charge >= 0.3 is 0 Å². The van der Waals surface area contributed by atoms with Crippen molar-refractivity contribution in [3.05, 3.63) is 52.0 Å². The second-order valence-electron chi connectivity index (χ2n) is 5.33. The molecule has 2 aromatic rings. The SMILES string of the molecule is CC(C)c1ncc(N(C)Cc2ccc(Br)cc2)c(CCl)n1. The van der Waals surface area contributed by atoms with Crippen LogP contribution in [-0.2, 0) is 12.4 Å². The van der Waals surface area contributed by atoms with Gasteiger partial charge in [-0.15, -0.1) is 11.6 Å². The van der Waals surface area contributed by atoms with Gasteiger partial charge in [-0.1, -0.05) is 41.9 Å². The molecule has 21 heavy (non-hydrogen) atoms. The Morgan fingerprint density at radius 1 is 1.24 bits per heavy atom. The summed E-state index contributed by atoms with van der Waals surface area (Å²) in [5.74, 6) is 1.53. The number of rotatable bonds is 5. The zero-order valence-electron chi connectivity index (χ0n) is 12.5. The Bertz CT molecular complexity index is 599. The van der Waals surface area contributed by atoms with Crippen LogP contribution in [0, 0.1) is 0 Å². The molecule has 0 bridgehead atoms. The number of benzene rings is 1. The van der Waals surface area contributed by atoms with Gasteiger partial charge in [-0.25, -0.2) is 9.97 Å². The largest absolute Gasteiger partial charge is 0.368 e. The van der Waals surface area contributed by atoms with Gasteiger partial charge in [0.05, 0.1) is 23.5 Å². The summed E-state index contributed by atoms with van der Waals surface area (Å²) >= 11 is 9.50. The quantitative estimate of drug-likeness (QED) is 0.714. The van der Waals surface area contributed by atoms with Crippen molar-refractivity contribution < 1.29 is 0 Å². The van der Waals surface area contributed by atoms with E-state index in [4.69, 9.17) is 11.6 Å². The highest BCUT2D eigenvalue weighted by atomic mass is 79.9. The van der Waals surface area contributed by atoms with Crippen LogP contribution in [0.15, 0.2) is 34.9 Å². The molecule has 0 saturated heterocycles. The van der Waals surface area contributed by atoms with E-state index in [-0.39, 0.29) is 0 Å². The molecule has 5 heteroatoms. The Labute approximate surface area is 139 Å². The van der Waals surface area contributed by atoms with Crippen LogP contribution < -0.4 is 4.90 Å². The van der Waals surface area contributed by atoms with Gasteiger partial charge < -0.3 is 4.90 Å². The number of alkyl halides is 1.